The van der Waals surface area contributed by atoms with E-state index < -0.39 is 17.9 Å². The largest absolute Gasteiger partial charge is 0.506 e. The summed E-state index contributed by atoms with van der Waals surface area (Å²) in [5.41, 5.74) is 5.21. The van der Waals surface area contributed by atoms with Crippen LogP contribution in [0.1, 0.15) is 16.8 Å². The summed E-state index contributed by atoms with van der Waals surface area (Å²) in [5, 5.41) is 21.0. The van der Waals surface area contributed by atoms with Crippen LogP contribution in [-0.2, 0) is 4.79 Å². The Kier molecular flexibility index (Phi) is 3.97. The predicted octanol–water partition coefficient (Wildman–Crippen LogP) is 0.429. The number of carbonyl (C=O) groups is 3. The molecular weight excluding hydrogens is 278 g/mol. The van der Waals surface area contributed by atoms with E-state index in [-0.39, 0.29) is 29.5 Å². The smallest absolute Gasteiger partial charge is 0.335 e. The molecule has 0 spiro atoms. The number of rotatable bonds is 3. The minimum absolute atomic E-state index is 0.0829. The normalized spacial score (nSPS) is 17.5. The van der Waals surface area contributed by atoms with Crippen molar-refractivity contribution in [2.45, 2.75) is 6.42 Å². The van der Waals surface area contributed by atoms with Crippen LogP contribution in [0.3, 0.4) is 0 Å². The highest BCUT2D eigenvalue weighted by Gasteiger charge is 2.29. The fraction of sp³-hybridized carbons (Fsp3) is 0.308. The maximum Gasteiger partial charge on any atom is 0.335 e. The predicted molar refractivity (Wildman–Crippen MR) is 73.0 cm³/mol. The van der Waals surface area contributed by atoms with Crippen molar-refractivity contribution in [1.82, 2.24) is 4.90 Å². The summed E-state index contributed by atoms with van der Waals surface area (Å²) < 4.78 is 0. The standard InChI is InChI=1S/C13H15N3O5/c14-11(18)8-3-4-16(6-8)13(21)15-9-2-1-7(12(19)20)5-10(9)17/h1-2,5,8,17H,3-4,6H2,(H2,14,18)(H,15,21)(H,19,20). The average molecular weight is 293 g/mol. The van der Waals surface area contributed by atoms with E-state index in [1.165, 1.54) is 17.0 Å². The third-order valence-corrected chi connectivity index (χ3v) is 3.36. The van der Waals surface area contributed by atoms with Crippen LogP contribution < -0.4 is 11.1 Å². The number of likely N-dealkylation sites (tertiary alicyclic amines) is 1. The highest BCUT2D eigenvalue weighted by molar-refractivity contribution is 5.94. The maximum absolute atomic E-state index is 12.0. The van der Waals surface area contributed by atoms with Crippen molar-refractivity contribution in [2.75, 3.05) is 18.4 Å². The summed E-state index contributed by atoms with van der Waals surface area (Å²) in [4.78, 5) is 35.2. The number of carbonyl (C=O) groups excluding carboxylic acids is 2. The number of phenolic OH excluding ortho intramolecular Hbond substituents is 1. The van der Waals surface area contributed by atoms with Crippen molar-refractivity contribution in [3.8, 4) is 5.75 Å². The molecule has 1 aromatic carbocycles. The van der Waals surface area contributed by atoms with Crippen molar-refractivity contribution < 1.29 is 24.6 Å². The second-order valence-corrected chi connectivity index (χ2v) is 4.80. The van der Waals surface area contributed by atoms with E-state index in [0.29, 0.717) is 13.0 Å². The van der Waals surface area contributed by atoms with Gasteiger partial charge < -0.3 is 26.2 Å². The van der Waals surface area contributed by atoms with Gasteiger partial charge in [0.05, 0.1) is 17.2 Å². The number of urea groups is 1. The highest BCUT2D eigenvalue weighted by Crippen LogP contribution is 2.25. The first-order valence-electron chi connectivity index (χ1n) is 6.30. The van der Waals surface area contributed by atoms with Gasteiger partial charge in [0.2, 0.25) is 5.91 Å². The van der Waals surface area contributed by atoms with Crippen LogP contribution in [0.15, 0.2) is 18.2 Å². The lowest BCUT2D eigenvalue weighted by molar-refractivity contribution is -0.121. The van der Waals surface area contributed by atoms with Crippen LogP contribution in [0, 0.1) is 5.92 Å². The molecule has 0 aliphatic carbocycles. The molecule has 112 valence electrons. The molecule has 8 nitrogen and oxygen atoms in total. The SMILES string of the molecule is NC(=O)C1CCN(C(=O)Nc2ccc(C(=O)O)cc2O)C1. The Morgan fingerprint density at radius 2 is 2.05 bits per heavy atom. The molecule has 21 heavy (non-hydrogen) atoms. The van der Waals surface area contributed by atoms with Gasteiger partial charge in [-0.2, -0.15) is 0 Å². The summed E-state index contributed by atoms with van der Waals surface area (Å²) in [7, 11) is 0. The molecule has 2 rings (SSSR count). The third-order valence-electron chi connectivity index (χ3n) is 3.36. The first kappa shape index (κ1) is 14.6. The maximum atomic E-state index is 12.0. The Hall–Kier alpha value is -2.77. The number of carboxylic acids is 1. The van der Waals surface area contributed by atoms with Crippen LogP contribution in [-0.4, -0.2) is 46.1 Å². The zero-order chi connectivity index (χ0) is 15.6. The Morgan fingerprint density at radius 1 is 1.33 bits per heavy atom. The number of hydrogen-bond donors (Lipinski definition) is 4. The monoisotopic (exact) mass is 293 g/mol. The number of amides is 3. The van der Waals surface area contributed by atoms with E-state index in [0.717, 1.165) is 6.07 Å². The van der Waals surface area contributed by atoms with Crippen molar-refractivity contribution in [3.05, 3.63) is 23.8 Å². The van der Waals surface area contributed by atoms with Gasteiger partial charge in [-0.05, 0) is 24.6 Å². The lowest BCUT2D eigenvalue weighted by Gasteiger charge is -2.17. The van der Waals surface area contributed by atoms with E-state index in [1.54, 1.807) is 0 Å². The molecule has 0 saturated carbocycles. The molecule has 8 heteroatoms. The minimum Gasteiger partial charge on any atom is -0.506 e. The number of nitrogens with two attached hydrogens (primary N) is 1. The van der Waals surface area contributed by atoms with E-state index in [9.17, 15) is 19.5 Å². The van der Waals surface area contributed by atoms with Crippen LogP contribution >= 0.6 is 0 Å². The van der Waals surface area contributed by atoms with Gasteiger partial charge in [-0.3, -0.25) is 4.79 Å². The zero-order valence-corrected chi connectivity index (χ0v) is 11.1. The van der Waals surface area contributed by atoms with Gasteiger partial charge in [0.15, 0.2) is 0 Å². The molecule has 1 atom stereocenters. The molecule has 0 radical (unpaired) electrons. The van der Waals surface area contributed by atoms with Crippen LogP contribution in [0.25, 0.3) is 0 Å². The number of nitrogens with zero attached hydrogens (tertiary/aromatic N) is 1. The molecular formula is C13H15N3O5. The summed E-state index contributed by atoms with van der Waals surface area (Å²) in [5.74, 6) is -2.32. The number of primary amides is 1. The minimum atomic E-state index is -1.17. The van der Waals surface area contributed by atoms with Crippen molar-refractivity contribution in [3.63, 3.8) is 0 Å². The summed E-state index contributed by atoms with van der Waals surface area (Å²) in [6.07, 6.45) is 0.507. The topological polar surface area (TPSA) is 133 Å². The van der Waals surface area contributed by atoms with Crippen molar-refractivity contribution in [1.29, 1.82) is 0 Å². The molecule has 1 unspecified atom stereocenters. The van der Waals surface area contributed by atoms with E-state index >= 15 is 0 Å². The van der Waals surface area contributed by atoms with Crippen LogP contribution in [0.2, 0.25) is 0 Å². The number of nitrogens with one attached hydrogen (secondary N) is 1. The summed E-state index contributed by atoms with van der Waals surface area (Å²) in [6, 6.07) is 3.15. The second kappa shape index (κ2) is 5.70. The van der Waals surface area contributed by atoms with Crippen LogP contribution in [0.4, 0.5) is 10.5 Å². The molecule has 1 saturated heterocycles. The Balaban J connectivity index is 2.03. The Morgan fingerprint density at radius 3 is 2.57 bits per heavy atom. The van der Waals surface area contributed by atoms with Crippen molar-refractivity contribution >= 4 is 23.6 Å². The van der Waals surface area contributed by atoms with Crippen LogP contribution in [0.5, 0.6) is 5.75 Å². The number of benzene rings is 1. The van der Waals surface area contributed by atoms with Gasteiger partial charge in [-0.1, -0.05) is 0 Å². The molecule has 1 aliphatic rings. The number of carboxylic acid groups (broad SMARTS) is 1. The lowest BCUT2D eigenvalue weighted by Crippen LogP contribution is -2.34. The van der Waals surface area contributed by atoms with E-state index in [4.69, 9.17) is 10.8 Å². The summed E-state index contributed by atoms with van der Waals surface area (Å²) in [6.45, 7) is 0.628. The molecule has 0 bridgehead atoms. The molecule has 1 aliphatic heterocycles. The number of hydrogen-bond acceptors (Lipinski definition) is 4. The molecule has 0 aromatic heterocycles. The Bertz CT molecular complexity index is 601. The van der Waals surface area contributed by atoms with Gasteiger partial charge in [-0.15, -0.1) is 0 Å². The van der Waals surface area contributed by atoms with Gasteiger partial charge in [0.25, 0.3) is 0 Å². The molecule has 1 fully saturated rings. The van der Waals surface area contributed by atoms with Gasteiger partial charge in [-0.25, -0.2) is 9.59 Å². The second-order valence-electron chi connectivity index (χ2n) is 4.80. The fourth-order valence-electron chi connectivity index (χ4n) is 2.14. The molecule has 3 amide bonds. The van der Waals surface area contributed by atoms with Crippen molar-refractivity contribution in [2.24, 2.45) is 11.7 Å². The first-order chi connectivity index (χ1) is 9.88. The number of phenols is 1. The molecule has 1 aromatic rings. The quantitative estimate of drug-likeness (QED) is 0.600. The van der Waals surface area contributed by atoms with Gasteiger partial charge in [0.1, 0.15) is 5.75 Å². The lowest BCUT2D eigenvalue weighted by atomic mass is 10.1. The molecule has 1 heterocycles. The van der Waals surface area contributed by atoms with Gasteiger partial charge >= 0.3 is 12.0 Å². The number of aromatic hydroxyl groups is 1. The molecule has 5 N–H and O–H groups in total. The Labute approximate surface area is 120 Å². The highest BCUT2D eigenvalue weighted by atomic mass is 16.4. The average Bonchev–Trinajstić information content (AvgIpc) is 2.90. The fourth-order valence-corrected chi connectivity index (χ4v) is 2.14. The number of anilines is 1. The third kappa shape index (κ3) is 3.22. The first-order valence-corrected chi connectivity index (χ1v) is 6.30. The van der Waals surface area contributed by atoms with E-state index in [2.05, 4.69) is 5.32 Å². The zero-order valence-electron chi connectivity index (χ0n) is 11.1. The van der Waals surface area contributed by atoms with Gasteiger partial charge in [0, 0.05) is 13.1 Å². The van der Waals surface area contributed by atoms with E-state index in [1.807, 2.05) is 0 Å². The number of aromatic carboxylic acids is 1. The summed E-state index contributed by atoms with van der Waals surface area (Å²) >= 11 is 0.